The van der Waals surface area contributed by atoms with E-state index in [-0.39, 0.29) is 23.7 Å². The van der Waals surface area contributed by atoms with Gasteiger partial charge >= 0.3 is 0 Å². The molecule has 0 bridgehead atoms. The molecule has 2 atom stereocenters. The van der Waals surface area contributed by atoms with Crippen LogP contribution in [0, 0.1) is 5.82 Å². The first-order valence-electron chi connectivity index (χ1n) is 7.48. The summed E-state index contributed by atoms with van der Waals surface area (Å²) in [5, 5.41) is 8.69. The maximum Gasteiger partial charge on any atom is 0.256 e. The smallest absolute Gasteiger partial charge is 0.256 e. The normalized spacial score (nSPS) is 19.9. The average molecular weight is 348 g/mol. The van der Waals surface area contributed by atoms with Crippen molar-refractivity contribution in [3.63, 3.8) is 0 Å². The second-order valence-electron chi connectivity index (χ2n) is 5.63. The summed E-state index contributed by atoms with van der Waals surface area (Å²) in [6.45, 7) is 1.97. The molecule has 3 rings (SSSR count). The highest BCUT2D eigenvalue weighted by molar-refractivity contribution is 7.08. The molecule has 4 N–H and O–H groups in total. The van der Waals surface area contributed by atoms with Gasteiger partial charge in [-0.3, -0.25) is 15.0 Å². The maximum absolute atomic E-state index is 13.9. The van der Waals surface area contributed by atoms with Gasteiger partial charge in [0.05, 0.1) is 11.3 Å². The van der Waals surface area contributed by atoms with Crippen LogP contribution in [0.2, 0.25) is 0 Å². The van der Waals surface area contributed by atoms with Gasteiger partial charge in [-0.25, -0.2) is 9.82 Å². The van der Waals surface area contributed by atoms with Crippen LogP contribution in [0.15, 0.2) is 35.0 Å². The molecule has 2 heterocycles. The highest BCUT2D eigenvalue weighted by Gasteiger charge is 2.26. The molecule has 1 aliphatic heterocycles. The molecule has 1 fully saturated rings. The van der Waals surface area contributed by atoms with E-state index < -0.39 is 11.7 Å². The number of rotatable bonds is 4. The number of carbonyl (C=O) groups is 2. The lowest BCUT2D eigenvalue weighted by Gasteiger charge is -2.12. The summed E-state index contributed by atoms with van der Waals surface area (Å²) < 4.78 is 13.9. The summed E-state index contributed by atoms with van der Waals surface area (Å²) >= 11 is 1.38. The summed E-state index contributed by atoms with van der Waals surface area (Å²) in [5.74, 6) is -1.17. The van der Waals surface area contributed by atoms with Crippen molar-refractivity contribution in [3.8, 4) is 0 Å². The fourth-order valence-electron chi connectivity index (χ4n) is 2.40. The van der Waals surface area contributed by atoms with Gasteiger partial charge in [0.15, 0.2) is 0 Å². The minimum atomic E-state index is -0.564. The lowest BCUT2D eigenvalue weighted by Crippen LogP contribution is -2.39. The number of amides is 2. The van der Waals surface area contributed by atoms with Crippen LogP contribution in [0.25, 0.3) is 0 Å². The van der Waals surface area contributed by atoms with Crippen molar-refractivity contribution < 1.29 is 14.0 Å². The Balaban J connectivity index is 1.69. The quantitative estimate of drug-likeness (QED) is 0.684. The van der Waals surface area contributed by atoms with Gasteiger partial charge in [-0.2, -0.15) is 11.3 Å². The molecular formula is C16H17FN4O2S. The zero-order valence-electron chi connectivity index (χ0n) is 12.9. The predicted molar refractivity (Wildman–Crippen MR) is 91.4 cm³/mol. The van der Waals surface area contributed by atoms with E-state index in [9.17, 15) is 14.0 Å². The number of hydrazine groups is 1. The van der Waals surface area contributed by atoms with Crippen LogP contribution >= 0.6 is 11.3 Å². The molecule has 1 aromatic heterocycles. The molecule has 0 saturated carbocycles. The van der Waals surface area contributed by atoms with Gasteiger partial charge in [-0.05, 0) is 43.0 Å². The number of anilines is 2. The fourth-order valence-corrected chi connectivity index (χ4v) is 3.04. The first kappa shape index (κ1) is 16.6. The number of hydrogen-bond donors (Lipinski definition) is 4. The highest BCUT2D eigenvalue weighted by atomic mass is 32.1. The Labute approximate surface area is 142 Å². The van der Waals surface area contributed by atoms with Crippen molar-refractivity contribution in [2.45, 2.75) is 25.4 Å². The van der Waals surface area contributed by atoms with Crippen LogP contribution < -0.4 is 21.5 Å². The molecule has 1 aromatic carbocycles. The Morgan fingerprint density at radius 3 is 2.75 bits per heavy atom. The molecular weight excluding hydrogens is 331 g/mol. The van der Waals surface area contributed by atoms with Crippen molar-refractivity contribution in [3.05, 3.63) is 46.4 Å². The second-order valence-corrected chi connectivity index (χ2v) is 6.41. The van der Waals surface area contributed by atoms with Crippen molar-refractivity contribution in [1.82, 2.24) is 10.9 Å². The molecule has 0 radical (unpaired) electrons. The van der Waals surface area contributed by atoms with E-state index in [4.69, 9.17) is 0 Å². The molecule has 0 aliphatic carbocycles. The van der Waals surface area contributed by atoms with E-state index in [1.165, 1.54) is 29.5 Å². The zero-order valence-corrected chi connectivity index (χ0v) is 13.7. The van der Waals surface area contributed by atoms with Crippen molar-refractivity contribution in [1.29, 1.82) is 0 Å². The predicted octanol–water partition coefficient (Wildman–Crippen LogP) is 2.33. The van der Waals surface area contributed by atoms with Crippen LogP contribution in [-0.2, 0) is 4.79 Å². The van der Waals surface area contributed by atoms with E-state index >= 15 is 0 Å². The van der Waals surface area contributed by atoms with Crippen LogP contribution in [0.5, 0.6) is 0 Å². The lowest BCUT2D eigenvalue weighted by molar-refractivity contribution is -0.117. The number of hydrogen-bond acceptors (Lipinski definition) is 5. The van der Waals surface area contributed by atoms with Gasteiger partial charge in [-0.1, -0.05) is 0 Å². The Kier molecular flexibility index (Phi) is 4.89. The van der Waals surface area contributed by atoms with E-state index in [1.807, 2.05) is 6.92 Å². The fraction of sp³-hybridized carbons (Fsp3) is 0.250. The molecule has 2 aromatic rings. The molecule has 1 saturated heterocycles. The topological polar surface area (TPSA) is 82.3 Å². The van der Waals surface area contributed by atoms with Crippen LogP contribution in [-0.4, -0.2) is 23.9 Å². The van der Waals surface area contributed by atoms with Crippen LogP contribution in [0.1, 0.15) is 23.7 Å². The summed E-state index contributed by atoms with van der Waals surface area (Å²) in [5.41, 5.74) is 6.77. The van der Waals surface area contributed by atoms with E-state index in [0.717, 1.165) is 0 Å². The van der Waals surface area contributed by atoms with Gasteiger partial charge in [0, 0.05) is 17.1 Å². The summed E-state index contributed by atoms with van der Waals surface area (Å²) in [6.07, 6.45) is 0.661. The molecule has 126 valence electrons. The van der Waals surface area contributed by atoms with Gasteiger partial charge < -0.3 is 10.6 Å². The molecule has 24 heavy (non-hydrogen) atoms. The lowest BCUT2D eigenvalue weighted by atomic mass is 10.1. The Morgan fingerprint density at radius 1 is 1.25 bits per heavy atom. The standard InChI is InChI=1S/C16H17FN4O2S/c1-9-6-14(21-20-9)16(23)18-11-2-3-12(17)13(7-11)19-15(22)10-4-5-24-8-10/h2-5,7-9,14,20-21H,6H2,1H3,(H,18,23)(H,19,22). The zero-order chi connectivity index (χ0) is 17.1. The minimum Gasteiger partial charge on any atom is -0.325 e. The monoisotopic (exact) mass is 348 g/mol. The minimum absolute atomic E-state index is 0.0230. The number of halogens is 1. The number of benzene rings is 1. The maximum atomic E-state index is 13.9. The molecule has 2 amide bonds. The first-order chi connectivity index (χ1) is 11.5. The molecule has 8 heteroatoms. The third-order valence-electron chi connectivity index (χ3n) is 3.68. The third kappa shape index (κ3) is 3.78. The van der Waals surface area contributed by atoms with Gasteiger partial charge in [0.25, 0.3) is 5.91 Å². The summed E-state index contributed by atoms with van der Waals surface area (Å²) in [6, 6.07) is 5.58. The second kappa shape index (κ2) is 7.08. The van der Waals surface area contributed by atoms with E-state index in [2.05, 4.69) is 21.5 Å². The number of nitrogens with one attached hydrogen (secondary N) is 4. The Bertz CT molecular complexity index is 751. The van der Waals surface area contributed by atoms with Crippen molar-refractivity contribution in [2.24, 2.45) is 0 Å². The first-order valence-corrected chi connectivity index (χ1v) is 8.42. The third-order valence-corrected chi connectivity index (χ3v) is 4.36. The average Bonchev–Trinajstić information content (AvgIpc) is 3.22. The number of carbonyl (C=O) groups excluding carboxylic acids is 2. The van der Waals surface area contributed by atoms with Crippen molar-refractivity contribution >= 4 is 34.5 Å². The Morgan fingerprint density at radius 2 is 2.08 bits per heavy atom. The molecule has 2 unspecified atom stereocenters. The van der Waals surface area contributed by atoms with Gasteiger partial charge in [0.2, 0.25) is 5.91 Å². The summed E-state index contributed by atoms with van der Waals surface area (Å²) in [7, 11) is 0. The SMILES string of the molecule is CC1CC(C(=O)Nc2ccc(F)c(NC(=O)c3ccsc3)c2)NN1. The van der Waals surface area contributed by atoms with Crippen LogP contribution in [0.4, 0.5) is 15.8 Å². The number of thiophene rings is 1. The highest BCUT2D eigenvalue weighted by Crippen LogP contribution is 2.21. The Hall–Kier alpha value is -2.29. The van der Waals surface area contributed by atoms with E-state index in [0.29, 0.717) is 17.7 Å². The van der Waals surface area contributed by atoms with Gasteiger partial charge in [-0.15, -0.1) is 0 Å². The van der Waals surface area contributed by atoms with Crippen LogP contribution in [0.3, 0.4) is 0 Å². The van der Waals surface area contributed by atoms with E-state index in [1.54, 1.807) is 16.8 Å². The molecule has 1 aliphatic rings. The van der Waals surface area contributed by atoms with Crippen molar-refractivity contribution in [2.75, 3.05) is 10.6 Å². The summed E-state index contributed by atoms with van der Waals surface area (Å²) in [4.78, 5) is 24.2. The largest absolute Gasteiger partial charge is 0.325 e. The molecule has 0 spiro atoms. The molecule has 6 nitrogen and oxygen atoms in total. The van der Waals surface area contributed by atoms with Gasteiger partial charge in [0.1, 0.15) is 11.9 Å².